The van der Waals surface area contributed by atoms with Crippen LogP contribution in [0.3, 0.4) is 0 Å². The van der Waals surface area contributed by atoms with Gasteiger partial charge in [-0.3, -0.25) is 28.8 Å². The summed E-state index contributed by atoms with van der Waals surface area (Å²) in [7, 11) is 1.32. The van der Waals surface area contributed by atoms with E-state index in [9.17, 15) is 33.9 Å². The number of fused-ring (bicyclic) bond motifs is 5. The lowest BCUT2D eigenvalue weighted by atomic mass is 9.93. The van der Waals surface area contributed by atoms with Crippen molar-refractivity contribution in [2.45, 2.75) is 57.3 Å². The monoisotopic (exact) mass is 708 g/mol. The number of nitrogens with zero attached hydrogens (tertiary/aromatic N) is 2. The fraction of sp³-hybridized carbons (Fsp3) is 0.441. The van der Waals surface area contributed by atoms with E-state index in [0.717, 1.165) is 4.90 Å². The molecular formula is C34H44N8O9. The average Bonchev–Trinajstić information content (AvgIpc) is 3.09. The standard InChI is InChI=1S/C34H44N8O9/c1-19-31(46)41-26(32(47)38-13-10-35)17-21-4-7-27(50-14-11-36)23(16-21)24-18-22(5-8-28(24)51-15-12-37)30(33(48)39-19)42(3)34(49)25(40-20(2)43)6-9-29(44)45/h4-5,7-8,16,18-19,25-26,30H,6,9,11-15,17,36-37H2,1-3H3,(H,38,47)(H,39,48)(H,40,43)(H,41,46)(H,44,45)/t19-,25-,26-,30-/m0/s1. The number of amides is 5. The van der Waals surface area contributed by atoms with Crippen LogP contribution >= 0.6 is 0 Å². The molecule has 4 atom stereocenters. The lowest BCUT2D eigenvalue weighted by molar-refractivity contribution is -0.143. The number of nitriles is 1. The second-order valence-corrected chi connectivity index (χ2v) is 11.8. The van der Waals surface area contributed by atoms with Gasteiger partial charge in [-0.1, -0.05) is 12.1 Å². The number of rotatable bonds is 14. The summed E-state index contributed by atoms with van der Waals surface area (Å²) in [6, 6.07) is 6.60. The Hall–Kier alpha value is -5.73. The number of likely N-dealkylation sites (N-methyl/N-ethyl adjacent to an activating group) is 1. The molecule has 3 rings (SSSR count). The molecule has 0 saturated heterocycles. The molecule has 1 heterocycles. The van der Waals surface area contributed by atoms with E-state index in [1.165, 1.54) is 20.9 Å². The van der Waals surface area contributed by atoms with E-state index < -0.39 is 66.1 Å². The first-order valence-electron chi connectivity index (χ1n) is 16.2. The highest BCUT2D eigenvalue weighted by atomic mass is 16.5. The number of nitrogens with two attached hydrogens (primary N) is 2. The molecule has 0 saturated carbocycles. The van der Waals surface area contributed by atoms with Crippen molar-refractivity contribution in [3.63, 3.8) is 0 Å². The first-order valence-corrected chi connectivity index (χ1v) is 16.2. The Morgan fingerprint density at radius 3 is 2.24 bits per heavy atom. The number of carboxylic acids is 1. The van der Waals surface area contributed by atoms with Crippen molar-refractivity contribution in [2.24, 2.45) is 11.5 Å². The number of hydrogen-bond acceptors (Lipinski definition) is 11. The van der Waals surface area contributed by atoms with E-state index in [0.29, 0.717) is 28.2 Å². The van der Waals surface area contributed by atoms with Gasteiger partial charge in [0.05, 0.1) is 6.07 Å². The molecule has 274 valence electrons. The molecular weight excluding hydrogens is 664 g/mol. The molecule has 0 fully saturated rings. The second kappa shape index (κ2) is 18.9. The summed E-state index contributed by atoms with van der Waals surface area (Å²) in [4.78, 5) is 79.0. The van der Waals surface area contributed by atoms with Crippen molar-refractivity contribution in [1.29, 1.82) is 5.26 Å². The Morgan fingerprint density at radius 1 is 1.02 bits per heavy atom. The minimum absolute atomic E-state index is 0.00668. The molecule has 51 heavy (non-hydrogen) atoms. The zero-order chi connectivity index (χ0) is 37.7. The number of benzene rings is 2. The van der Waals surface area contributed by atoms with E-state index in [-0.39, 0.29) is 51.3 Å². The summed E-state index contributed by atoms with van der Waals surface area (Å²) in [6.07, 6.45) is -0.708. The molecule has 2 aromatic carbocycles. The maximum atomic E-state index is 14.1. The third-order valence-electron chi connectivity index (χ3n) is 7.88. The summed E-state index contributed by atoms with van der Waals surface area (Å²) in [5.41, 5.74) is 13.2. The molecule has 1 aliphatic heterocycles. The Morgan fingerprint density at radius 2 is 1.65 bits per heavy atom. The Labute approximate surface area is 295 Å². The van der Waals surface area contributed by atoms with Crippen LogP contribution in [0.25, 0.3) is 11.1 Å². The molecule has 4 bridgehead atoms. The largest absolute Gasteiger partial charge is 0.492 e. The van der Waals surface area contributed by atoms with Crippen molar-refractivity contribution >= 4 is 35.5 Å². The van der Waals surface area contributed by atoms with Gasteiger partial charge < -0.3 is 52.2 Å². The van der Waals surface area contributed by atoms with Gasteiger partial charge in [-0.2, -0.15) is 5.26 Å². The van der Waals surface area contributed by atoms with E-state index in [1.54, 1.807) is 36.4 Å². The Kier molecular flexibility index (Phi) is 14.7. The number of carbonyl (C=O) groups excluding carboxylic acids is 5. The van der Waals surface area contributed by atoms with Gasteiger partial charge in [0.25, 0.3) is 0 Å². The first kappa shape index (κ1) is 39.7. The molecule has 2 aromatic rings. The van der Waals surface area contributed by atoms with Crippen molar-refractivity contribution in [1.82, 2.24) is 26.2 Å². The van der Waals surface area contributed by atoms with Crippen molar-refractivity contribution < 1.29 is 43.3 Å². The second-order valence-electron chi connectivity index (χ2n) is 11.8. The smallest absolute Gasteiger partial charge is 0.303 e. The van der Waals surface area contributed by atoms with Crippen molar-refractivity contribution in [2.75, 3.05) is 39.9 Å². The van der Waals surface area contributed by atoms with Crippen LogP contribution in [0.15, 0.2) is 36.4 Å². The number of carboxylic acid groups (broad SMARTS) is 1. The van der Waals surface area contributed by atoms with Crippen LogP contribution in [0.4, 0.5) is 0 Å². The minimum Gasteiger partial charge on any atom is -0.492 e. The minimum atomic E-state index is -1.43. The first-order chi connectivity index (χ1) is 24.3. The van der Waals surface area contributed by atoms with Crippen LogP contribution < -0.4 is 42.2 Å². The molecule has 1 aliphatic rings. The SMILES string of the molecule is CC(=O)N[C@@H](CCC(=O)O)C(=O)N(C)[C@@H]1C(=O)N[C@@H](C)C(=O)N[C@H](C(=O)NCC#N)Cc2ccc(OCCN)c(c2)-c2cc1ccc2OCCN. The summed E-state index contributed by atoms with van der Waals surface area (Å²) < 4.78 is 12.0. The number of hydrogen-bond donors (Lipinski definition) is 7. The predicted molar refractivity (Wildman–Crippen MR) is 183 cm³/mol. The van der Waals surface area contributed by atoms with Crippen LogP contribution in [-0.4, -0.2) is 104 Å². The van der Waals surface area contributed by atoms with Gasteiger partial charge in [0.15, 0.2) is 0 Å². The zero-order valence-electron chi connectivity index (χ0n) is 28.7. The highest BCUT2D eigenvalue weighted by molar-refractivity contribution is 5.96. The third-order valence-corrected chi connectivity index (χ3v) is 7.88. The molecule has 17 nitrogen and oxygen atoms in total. The van der Waals surface area contributed by atoms with Crippen molar-refractivity contribution in [3.8, 4) is 28.7 Å². The van der Waals surface area contributed by atoms with Crippen molar-refractivity contribution in [3.05, 3.63) is 47.5 Å². The molecule has 5 amide bonds. The fourth-order valence-electron chi connectivity index (χ4n) is 5.48. The molecule has 0 unspecified atom stereocenters. The van der Waals surface area contributed by atoms with Crippen LogP contribution in [0, 0.1) is 11.3 Å². The van der Waals surface area contributed by atoms with Crippen LogP contribution in [-0.2, 0) is 35.2 Å². The summed E-state index contributed by atoms with van der Waals surface area (Å²) in [6.45, 7) is 2.90. The lowest BCUT2D eigenvalue weighted by Gasteiger charge is -2.32. The molecule has 0 radical (unpaired) electrons. The Balaban J connectivity index is 2.30. The third kappa shape index (κ3) is 10.9. The summed E-state index contributed by atoms with van der Waals surface area (Å²) in [5.74, 6) is -3.98. The lowest BCUT2D eigenvalue weighted by Crippen LogP contribution is -2.55. The molecule has 17 heteroatoms. The van der Waals surface area contributed by atoms with Gasteiger partial charge in [-0.15, -0.1) is 0 Å². The number of nitrogens with one attached hydrogen (secondary N) is 4. The number of ether oxygens (including phenoxy) is 2. The highest BCUT2D eigenvalue weighted by Crippen LogP contribution is 2.40. The molecule has 9 N–H and O–H groups in total. The zero-order valence-corrected chi connectivity index (χ0v) is 28.7. The van der Waals surface area contributed by atoms with Gasteiger partial charge in [-0.25, -0.2) is 0 Å². The fourth-order valence-corrected chi connectivity index (χ4v) is 5.48. The summed E-state index contributed by atoms with van der Waals surface area (Å²) >= 11 is 0. The van der Waals surface area contributed by atoms with E-state index in [2.05, 4.69) is 21.3 Å². The van der Waals surface area contributed by atoms with E-state index >= 15 is 0 Å². The quantitative estimate of drug-likeness (QED) is 0.118. The Bertz CT molecular complexity index is 1660. The molecule has 0 aromatic heterocycles. The van der Waals surface area contributed by atoms with Gasteiger partial charge in [0, 0.05) is 51.0 Å². The topological polar surface area (TPSA) is 268 Å². The van der Waals surface area contributed by atoms with Crippen LogP contribution in [0.1, 0.15) is 43.9 Å². The maximum Gasteiger partial charge on any atom is 0.303 e. The van der Waals surface area contributed by atoms with E-state index in [1.807, 2.05) is 6.07 Å². The highest BCUT2D eigenvalue weighted by Gasteiger charge is 2.36. The maximum absolute atomic E-state index is 14.1. The normalized spacial score (nSPS) is 17.7. The predicted octanol–water partition coefficient (Wildman–Crippen LogP) is -0.917. The van der Waals surface area contributed by atoms with Gasteiger partial charge >= 0.3 is 5.97 Å². The van der Waals surface area contributed by atoms with E-state index in [4.69, 9.17) is 26.2 Å². The van der Waals surface area contributed by atoms with Crippen LogP contribution in [0.5, 0.6) is 11.5 Å². The van der Waals surface area contributed by atoms with Gasteiger partial charge in [-0.05, 0) is 48.7 Å². The van der Waals surface area contributed by atoms with Crippen LogP contribution in [0.2, 0.25) is 0 Å². The van der Waals surface area contributed by atoms with Gasteiger partial charge in [0.2, 0.25) is 29.5 Å². The number of carbonyl (C=O) groups is 6. The van der Waals surface area contributed by atoms with Gasteiger partial charge in [0.1, 0.15) is 55.4 Å². The summed E-state index contributed by atoms with van der Waals surface area (Å²) in [5, 5.41) is 28.5. The molecule has 0 spiro atoms. The average molecular weight is 709 g/mol. The molecule has 0 aliphatic carbocycles. The number of aliphatic carboxylic acids is 1.